The molecule has 193 valence electrons. The van der Waals surface area contributed by atoms with Crippen LogP contribution in [0.5, 0.6) is 0 Å². The SMILES string of the molecule is CC[P+]1(F)[C](c2ccccc2)[CH][C](N2C(=O)c3ccccc3C2=O)[CH][C]1c1ccccc1.[C-]#[O+].[C-]#[O+].[C-]#[O+].[Cr]. The Balaban J connectivity index is 0.00000102. The molecule has 6 nitrogen and oxygen atoms in total. The van der Waals surface area contributed by atoms with E-state index in [0.29, 0.717) is 34.6 Å². The van der Waals surface area contributed by atoms with Crippen molar-refractivity contribution in [2.75, 3.05) is 6.16 Å². The fraction of sp³-hybridized carbons (Fsp3) is 0.0667. The Morgan fingerprint density at radius 2 is 1.00 bits per heavy atom. The van der Waals surface area contributed by atoms with Crippen molar-refractivity contribution in [3.05, 3.63) is 157 Å². The molecule has 2 amide bonds. The minimum absolute atomic E-state index is 0. The summed E-state index contributed by atoms with van der Waals surface area (Å²) >= 11 is 0. The van der Waals surface area contributed by atoms with Gasteiger partial charge in [-0.3, -0.25) is 14.5 Å². The molecule has 2 aliphatic heterocycles. The van der Waals surface area contributed by atoms with E-state index in [9.17, 15) is 9.59 Å². The smallest absolute Gasteiger partial charge is 0 e. The number of halogens is 1. The van der Waals surface area contributed by atoms with Crippen LogP contribution in [0, 0.1) is 50.2 Å². The van der Waals surface area contributed by atoms with Crippen molar-refractivity contribution in [3.8, 4) is 0 Å². The molecule has 0 aliphatic carbocycles. The van der Waals surface area contributed by atoms with Gasteiger partial charge in [0.2, 0.25) is 7.57 Å². The van der Waals surface area contributed by atoms with Crippen molar-refractivity contribution in [3.63, 3.8) is 0 Å². The standard InChI is InChI=1S/C27H21FNO2P.3CO.Cr/c1-2-32(28)24(19-11-5-3-6-12-19)17-21(18-25(32)20-13-7-4-8-14-20)29-26(30)22-15-9-10-16-23(22)27(29)31;3*1-2;/h3-18H,2H2,1H3;;;;/q+1;;;;. The second-order valence-electron chi connectivity index (χ2n) is 7.74. The molecule has 9 heteroatoms. The van der Waals surface area contributed by atoms with Crippen molar-refractivity contribution in [1.82, 2.24) is 4.90 Å². The third kappa shape index (κ3) is 6.74. The quantitative estimate of drug-likeness (QED) is 0.160. The van der Waals surface area contributed by atoms with Crippen molar-refractivity contribution in [1.29, 1.82) is 0 Å². The predicted octanol–water partition coefficient (Wildman–Crippen LogP) is 6.20. The normalized spacial score (nSPS) is 16.1. The molecule has 5 radical (unpaired) electrons. The van der Waals surface area contributed by atoms with Crippen molar-refractivity contribution < 1.29 is 45.1 Å². The maximum atomic E-state index is 16.9. The molecule has 0 N–H and O–H groups in total. The average molecular weight is 577 g/mol. The summed E-state index contributed by atoms with van der Waals surface area (Å²) in [6.07, 6.45) is 3.71. The van der Waals surface area contributed by atoms with Crippen LogP contribution in [-0.4, -0.2) is 22.9 Å². The van der Waals surface area contributed by atoms with E-state index in [1.807, 2.05) is 67.6 Å². The van der Waals surface area contributed by atoms with Gasteiger partial charge >= 0.3 is 33.9 Å². The summed E-state index contributed by atoms with van der Waals surface area (Å²) in [4.78, 5) is 27.5. The van der Waals surface area contributed by atoms with Gasteiger partial charge in [0.05, 0.1) is 23.3 Å². The predicted molar refractivity (Wildman–Crippen MR) is 137 cm³/mol. The molecule has 0 aromatic heterocycles. The number of hydrogen-bond acceptors (Lipinski definition) is 2. The van der Waals surface area contributed by atoms with Crippen LogP contribution < -0.4 is 0 Å². The first-order chi connectivity index (χ1) is 18.5. The van der Waals surface area contributed by atoms with Crippen LogP contribution in [0.4, 0.5) is 4.20 Å². The van der Waals surface area contributed by atoms with Crippen molar-refractivity contribution in [2.24, 2.45) is 0 Å². The number of imide groups is 1. The first-order valence-corrected chi connectivity index (χ1v) is 13.0. The van der Waals surface area contributed by atoms with Gasteiger partial charge in [-0.2, -0.15) is 0 Å². The van der Waals surface area contributed by atoms with Crippen molar-refractivity contribution in [2.45, 2.75) is 6.92 Å². The van der Waals surface area contributed by atoms with Crippen LogP contribution in [0.25, 0.3) is 0 Å². The van der Waals surface area contributed by atoms with Gasteiger partial charge < -0.3 is 0 Å². The summed E-state index contributed by atoms with van der Waals surface area (Å²) in [7, 11) is -3.25. The zero-order chi connectivity index (χ0) is 28.3. The van der Waals surface area contributed by atoms with Gasteiger partial charge in [-0.25, -0.2) is 0 Å². The van der Waals surface area contributed by atoms with E-state index in [0.717, 1.165) is 11.1 Å². The number of rotatable bonds is 4. The van der Waals surface area contributed by atoms with E-state index >= 15 is 4.20 Å². The minimum Gasteiger partial charge on any atom is 0 e. The van der Waals surface area contributed by atoms with Crippen LogP contribution in [0.3, 0.4) is 0 Å². The zero-order valence-corrected chi connectivity index (χ0v) is 22.8. The molecule has 2 heterocycles. The molecule has 0 bridgehead atoms. The number of carbonyl (C=O) groups excluding carboxylic acids is 2. The van der Waals surface area contributed by atoms with Crippen LogP contribution in [0.2, 0.25) is 0 Å². The third-order valence-electron chi connectivity index (χ3n) is 5.96. The monoisotopic (exact) mass is 577 g/mol. The van der Waals surface area contributed by atoms with Crippen LogP contribution in [0.1, 0.15) is 38.8 Å². The summed E-state index contributed by atoms with van der Waals surface area (Å²) in [6, 6.07) is 26.0. The fourth-order valence-corrected chi connectivity index (χ4v) is 7.07. The van der Waals surface area contributed by atoms with E-state index < -0.39 is 7.57 Å². The molecule has 1 saturated heterocycles. The summed E-state index contributed by atoms with van der Waals surface area (Å²) < 4.78 is 39.4. The minimum atomic E-state index is -3.25. The van der Waals surface area contributed by atoms with Gasteiger partial charge in [-0.05, 0) is 19.1 Å². The van der Waals surface area contributed by atoms with E-state index in [1.54, 1.807) is 37.1 Å². The molecule has 3 aromatic rings. The Hall–Kier alpha value is -3.09. The van der Waals surface area contributed by atoms with E-state index in [1.165, 1.54) is 4.90 Å². The zero-order valence-electron chi connectivity index (χ0n) is 20.7. The molecule has 0 atom stereocenters. The van der Waals surface area contributed by atoms with Gasteiger partial charge in [-0.15, -0.1) is 0 Å². The number of carbonyl (C=O) groups is 2. The molecular weight excluding hydrogens is 556 g/mol. The second kappa shape index (κ2) is 16.1. The molecule has 0 spiro atoms. The van der Waals surface area contributed by atoms with E-state index in [4.69, 9.17) is 14.0 Å². The molecule has 0 saturated carbocycles. The molecule has 2 aliphatic rings. The first kappa shape index (κ1) is 33.9. The number of amides is 2. The van der Waals surface area contributed by atoms with E-state index in [-0.39, 0.29) is 29.2 Å². The van der Waals surface area contributed by atoms with Gasteiger partial charge in [0, 0.05) is 41.3 Å². The number of fused-ring (bicyclic) bond motifs is 1. The largest absolute Gasteiger partial charge is 0 e. The van der Waals surface area contributed by atoms with E-state index in [2.05, 4.69) is 20.0 Å². The number of benzene rings is 3. The molecule has 39 heavy (non-hydrogen) atoms. The maximum Gasteiger partial charge on any atom is 0 e. The topological polar surface area (TPSA) is 97.1 Å². The fourth-order valence-electron chi connectivity index (χ4n) is 4.34. The second-order valence-corrected chi connectivity index (χ2v) is 10.8. The molecule has 3 aromatic carbocycles. The average Bonchev–Trinajstić information content (AvgIpc) is 3.26. The summed E-state index contributed by atoms with van der Waals surface area (Å²) in [6.45, 7) is 15.4. The summed E-state index contributed by atoms with van der Waals surface area (Å²) in [5.74, 6) is -0.761. The first-order valence-electron chi connectivity index (χ1n) is 11.1. The number of hydrogen-bond donors (Lipinski definition) is 0. The van der Waals surface area contributed by atoms with Crippen LogP contribution in [0.15, 0.2) is 84.9 Å². The van der Waals surface area contributed by atoms with Crippen LogP contribution >= 0.6 is 7.57 Å². The molecular formula is C30H21CrFNO5P+. The molecule has 5 rings (SSSR count). The molecule has 1 fully saturated rings. The van der Waals surface area contributed by atoms with Gasteiger partial charge in [0.1, 0.15) is 0 Å². The number of nitrogens with zero attached hydrogens (tertiary/aromatic N) is 1. The van der Waals surface area contributed by atoms with Gasteiger partial charge in [0.25, 0.3) is 11.8 Å². The third-order valence-corrected chi connectivity index (χ3v) is 9.13. The summed E-state index contributed by atoms with van der Waals surface area (Å²) in [5.41, 5.74) is 3.37. The maximum absolute atomic E-state index is 16.9. The Labute approximate surface area is 239 Å². The summed E-state index contributed by atoms with van der Waals surface area (Å²) in [5, 5.41) is 0. The van der Waals surface area contributed by atoms with Gasteiger partial charge in [-0.1, -0.05) is 77.0 Å². The Morgan fingerprint density at radius 3 is 1.33 bits per heavy atom. The van der Waals surface area contributed by atoms with Crippen molar-refractivity contribution >= 4 is 19.4 Å². The molecule has 0 unspecified atom stereocenters. The van der Waals surface area contributed by atoms with Gasteiger partial charge in [0.15, 0.2) is 11.3 Å². The Morgan fingerprint density at radius 1 is 0.667 bits per heavy atom. The Kier molecular flexibility index (Phi) is 14.0. The Bertz CT molecular complexity index is 1200. The van der Waals surface area contributed by atoms with Crippen LogP contribution in [-0.2, 0) is 31.3 Å².